The first-order chi connectivity index (χ1) is 27.6. The Bertz CT molecular complexity index is 2080. The number of aliphatic carboxylic acids is 1. The number of ether oxygens (including phenoxy) is 1. The zero-order valence-corrected chi connectivity index (χ0v) is 37.1. The molecule has 0 spiro atoms. The normalized spacial score (nSPS) is 38.1. The van der Waals surface area contributed by atoms with Crippen LogP contribution in [0.4, 0.5) is 0 Å². The van der Waals surface area contributed by atoms with Crippen LogP contribution in [-0.2, 0) is 30.5 Å². The number of amides is 1. The third kappa shape index (κ3) is 6.29. The first-order valence-corrected chi connectivity index (χ1v) is 22.5. The number of hydrogen-bond acceptors (Lipinski definition) is 8. The summed E-state index contributed by atoms with van der Waals surface area (Å²) in [5, 5.41) is 20.9. The Morgan fingerprint density at radius 1 is 0.864 bits per heavy atom. The van der Waals surface area contributed by atoms with Gasteiger partial charge in [0.1, 0.15) is 6.10 Å². The van der Waals surface area contributed by atoms with E-state index in [1.807, 2.05) is 38.1 Å². The van der Waals surface area contributed by atoms with Gasteiger partial charge in [-0.2, -0.15) is 0 Å². The van der Waals surface area contributed by atoms with Crippen LogP contribution in [-0.4, -0.2) is 45.0 Å². The van der Waals surface area contributed by atoms with Gasteiger partial charge in [-0.25, -0.2) is 0 Å². The highest BCUT2D eigenvalue weighted by Crippen LogP contribution is 2.77. The number of fused-ring (bicyclic) bond motifs is 7. The third-order valence-corrected chi connectivity index (χ3v) is 18.3. The summed E-state index contributed by atoms with van der Waals surface area (Å²) < 4.78 is 12.0. The molecule has 10 atom stereocenters. The minimum atomic E-state index is -0.834. The SMILES string of the molecule is Cc1nnc(-c2ccc(CNC(=O)C[C@@]34CC[C@]5(C)[C@H](CC[C@@H]6[C@@]7(C)CC[C@H](OC(=O)[C@H]8C[C@@H](C(=O)O)C8(C)C)C(C)(C)[C@@H]7CC[C@]65C)C3=C(C(C)C)C(=O)C4)cc2)o1. The first kappa shape index (κ1) is 41.9. The molecule has 5 saturated carbocycles. The molecule has 320 valence electrons. The number of aryl methyl sites for hydroxylation is 1. The van der Waals surface area contributed by atoms with E-state index < -0.39 is 22.7 Å². The van der Waals surface area contributed by atoms with Gasteiger partial charge in [0.25, 0.3) is 0 Å². The number of carbonyl (C=O) groups excluding carboxylic acids is 3. The predicted molar refractivity (Wildman–Crippen MR) is 223 cm³/mol. The number of Topliss-reactive ketones (excluding diaryl/α,β-unsaturated/α-hetero) is 1. The lowest BCUT2D eigenvalue weighted by molar-refractivity contribution is -0.236. The second kappa shape index (κ2) is 14.1. The van der Waals surface area contributed by atoms with Gasteiger partial charge in [0.05, 0.1) is 11.8 Å². The lowest BCUT2D eigenvalue weighted by Gasteiger charge is -2.72. The van der Waals surface area contributed by atoms with E-state index in [0.29, 0.717) is 49.4 Å². The number of nitrogens with zero attached hydrogens (tertiary/aromatic N) is 2. The molecule has 10 nitrogen and oxygen atoms in total. The van der Waals surface area contributed by atoms with E-state index in [1.54, 1.807) is 6.92 Å². The second-order valence-corrected chi connectivity index (χ2v) is 22.0. The van der Waals surface area contributed by atoms with Gasteiger partial charge in [-0.3, -0.25) is 19.2 Å². The van der Waals surface area contributed by atoms with E-state index in [2.05, 4.69) is 64.0 Å². The molecule has 59 heavy (non-hydrogen) atoms. The van der Waals surface area contributed by atoms with E-state index in [4.69, 9.17) is 9.15 Å². The molecule has 2 aromatic rings. The monoisotopic (exact) mass is 809 g/mol. The van der Waals surface area contributed by atoms with Crippen molar-refractivity contribution in [2.75, 3.05) is 0 Å². The van der Waals surface area contributed by atoms with Gasteiger partial charge < -0.3 is 19.6 Å². The molecule has 1 amide bonds. The van der Waals surface area contributed by atoms with E-state index in [0.717, 1.165) is 68.1 Å². The Labute approximate surface area is 350 Å². The average Bonchev–Trinajstić information content (AvgIpc) is 3.71. The number of carbonyl (C=O) groups is 4. The number of esters is 1. The molecule has 5 fully saturated rings. The number of ketones is 1. The van der Waals surface area contributed by atoms with Crippen molar-refractivity contribution in [3.8, 4) is 11.5 Å². The molecule has 0 saturated heterocycles. The lowest BCUT2D eigenvalue weighted by atomic mass is 9.33. The van der Waals surface area contributed by atoms with Crippen molar-refractivity contribution in [2.24, 2.45) is 68.0 Å². The molecule has 2 N–H and O–H groups in total. The molecular formula is C49H67N3O7. The molecule has 10 heteroatoms. The van der Waals surface area contributed by atoms with Gasteiger partial charge in [0, 0.05) is 42.7 Å². The summed E-state index contributed by atoms with van der Waals surface area (Å²) in [6.07, 6.45) is 8.80. The van der Waals surface area contributed by atoms with Gasteiger partial charge in [-0.1, -0.05) is 80.0 Å². The van der Waals surface area contributed by atoms with Crippen LogP contribution in [0.3, 0.4) is 0 Å². The summed E-state index contributed by atoms with van der Waals surface area (Å²) >= 11 is 0. The van der Waals surface area contributed by atoms with Gasteiger partial charge in [-0.15, -0.1) is 10.2 Å². The fourth-order valence-corrected chi connectivity index (χ4v) is 14.9. The highest BCUT2D eigenvalue weighted by atomic mass is 16.5. The highest BCUT2D eigenvalue weighted by Gasteiger charge is 2.70. The number of allylic oxidation sites excluding steroid dienone is 2. The summed E-state index contributed by atoms with van der Waals surface area (Å²) in [5.74, 6) is 0.466. The maximum absolute atomic E-state index is 14.1. The summed E-state index contributed by atoms with van der Waals surface area (Å²) in [6.45, 7) is 22.5. The number of rotatable bonds is 9. The minimum absolute atomic E-state index is 0.00399. The number of benzene rings is 1. The molecule has 8 rings (SSSR count). The van der Waals surface area contributed by atoms with Gasteiger partial charge in [0.2, 0.25) is 17.7 Å². The Balaban J connectivity index is 0.999. The quantitative estimate of drug-likeness (QED) is 0.236. The van der Waals surface area contributed by atoms with Crippen molar-refractivity contribution in [3.63, 3.8) is 0 Å². The van der Waals surface area contributed by atoms with Gasteiger partial charge in [0.15, 0.2) is 5.78 Å². The summed E-state index contributed by atoms with van der Waals surface area (Å²) in [7, 11) is 0. The summed E-state index contributed by atoms with van der Waals surface area (Å²) in [6, 6.07) is 7.82. The molecular weight excluding hydrogens is 743 g/mol. The van der Waals surface area contributed by atoms with Crippen molar-refractivity contribution < 1.29 is 33.4 Å². The van der Waals surface area contributed by atoms with Crippen LogP contribution < -0.4 is 5.32 Å². The van der Waals surface area contributed by atoms with Crippen LogP contribution in [0.2, 0.25) is 0 Å². The zero-order valence-electron chi connectivity index (χ0n) is 37.1. The van der Waals surface area contributed by atoms with E-state index in [1.165, 1.54) is 5.57 Å². The van der Waals surface area contributed by atoms with E-state index >= 15 is 0 Å². The van der Waals surface area contributed by atoms with Crippen molar-refractivity contribution in [1.82, 2.24) is 15.5 Å². The van der Waals surface area contributed by atoms with Crippen molar-refractivity contribution >= 4 is 23.6 Å². The number of carboxylic acid groups (broad SMARTS) is 1. The van der Waals surface area contributed by atoms with Crippen LogP contribution in [0.5, 0.6) is 0 Å². The average molecular weight is 810 g/mol. The largest absolute Gasteiger partial charge is 0.481 e. The van der Waals surface area contributed by atoms with Crippen LogP contribution in [0.1, 0.15) is 144 Å². The summed E-state index contributed by atoms with van der Waals surface area (Å²) in [5.41, 5.74) is 2.93. The molecule has 6 aliphatic carbocycles. The number of carboxylic acids is 1. The molecule has 0 aliphatic heterocycles. The molecule has 1 heterocycles. The number of hydrogen-bond donors (Lipinski definition) is 2. The topological polar surface area (TPSA) is 149 Å². The predicted octanol–water partition coefficient (Wildman–Crippen LogP) is 9.69. The maximum atomic E-state index is 14.1. The maximum Gasteiger partial charge on any atom is 0.309 e. The summed E-state index contributed by atoms with van der Waals surface area (Å²) in [4.78, 5) is 53.6. The van der Waals surface area contributed by atoms with Gasteiger partial charge in [-0.05, 0) is 126 Å². The highest BCUT2D eigenvalue weighted by molar-refractivity contribution is 6.01. The Morgan fingerprint density at radius 3 is 2.20 bits per heavy atom. The van der Waals surface area contributed by atoms with Crippen LogP contribution in [0, 0.1) is 74.9 Å². The zero-order chi connectivity index (χ0) is 42.7. The molecule has 0 radical (unpaired) electrons. The van der Waals surface area contributed by atoms with Gasteiger partial charge >= 0.3 is 11.9 Å². The third-order valence-electron chi connectivity index (χ3n) is 18.3. The van der Waals surface area contributed by atoms with Crippen molar-refractivity contribution in [2.45, 2.75) is 153 Å². The minimum Gasteiger partial charge on any atom is -0.481 e. The van der Waals surface area contributed by atoms with E-state index in [-0.39, 0.29) is 63.2 Å². The van der Waals surface area contributed by atoms with Crippen LogP contribution >= 0.6 is 0 Å². The fourth-order valence-electron chi connectivity index (χ4n) is 14.9. The Hall–Kier alpha value is -3.82. The molecule has 1 aromatic carbocycles. The number of nitrogens with one attached hydrogen (secondary N) is 1. The van der Waals surface area contributed by atoms with E-state index in [9.17, 15) is 24.3 Å². The number of aromatic nitrogens is 2. The van der Waals surface area contributed by atoms with Crippen LogP contribution in [0.25, 0.3) is 11.5 Å². The van der Waals surface area contributed by atoms with Crippen molar-refractivity contribution in [3.05, 3.63) is 46.9 Å². The molecule has 0 unspecified atom stereocenters. The first-order valence-electron chi connectivity index (χ1n) is 22.5. The standard InChI is InChI=1S/C49H67N3O7/c1-27(2)39-34(53)24-49(25-38(54)50-26-29-11-13-30(14-12-29)41-52-51-28(3)58-41)22-21-47(9)31(40(39)49)15-16-36-46(8)19-18-37(45(6,7)35(46)17-20-48(36,47)10)59-43(57)33-23-32(42(55)56)44(33,4)5/h11-14,27,31-33,35-37H,15-26H2,1-10H3,(H,50,54)(H,55,56)/t31-,32+,33-,35+,36-,37+,46+,47-,48-,49+/m1/s1. The molecule has 1 aromatic heterocycles. The van der Waals surface area contributed by atoms with Crippen LogP contribution in [0.15, 0.2) is 39.8 Å². The Kier molecular flexibility index (Phi) is 10.0. The second-order valence-electron chi connectivity index (χ2n) is 22.0. The molecule has 0 bridgehead atoms. The fraction of sp³-hybridized carbons (Fsp3) is 0.714. The lowest BCUT2D eigenvalue weighted by Crippen LogP contribution is -2.66. The Morgan fingerprint density at radius 2 is 1.58 bits per heavy atom. The van der Waals surface area contributed by atoms with Crippen molar-refractivity contribution in [1.29, 1.82) is 0 Å². The molecule has 6 aliphatic rings. The smallest absolute Gasteiger partial charge is 0.309 e.